The summed E-state index contributed by atoms with van der Waals surface area (Å²) in [7, 11) is 1.91. The molecule has 0 fully saturated rings. The zero-order chi connectivity index (χ0) is 13.8. The van der Waals surface area contributed by atoms with Crippen LogP contribution in [0.5, 0.6) is 0 Å². The fourth-order valence-corrected chi connectivity index (χ4v) is 2.72. The summed E-state index contributed by atoms with van der Waals surface area (Å²) < 4.78 is 0. The van der Waals surface area contributed by atoms with E-state index in [4.69, 9.17) is 23.2 Å². The lowest BCUT2D eigenvalue weighted by Gasteiger charge is -2.16. The van der Waals surface area contributed by atoms with Crippen molar-refractivity contribution < 1.29 is 4.79 Å². The molecule has 0 unspecified atom stereocenters. The molecule has 100 valence electrons. The minimum Gasteiger partial charge on any atom is -0.347 e. The molecule has 0 N–H and O–H groups in total. The molecule has 0 saturated carbocycles. The molecular weight excluding hydrogens is 303 g/mol. The van der Waals surface area contributed by atoms with E-state index in [-0.39, 0.29) is 11.7 Å². The average molecular weight is 315 g/mol. The topological polar surface area (TPSA) is 33.2 Å². The van der Waals surface area contributed by atoms with E-state index >= 15 is 0 Å². The monoisotopic (exact) mass is 314 g/mol. The maximum Gasteiger partial charge on any atom is 0.196 e. The summed E-state index contributed by atoms with van der Waals surface area (Å²) >= 11 is 13.0. The molecular formula is C13H12Cl2N2OS. The van der Waals surface area contributed by atoms with Crippen molar-refractivity contribution in [1.82, 2.24) is 4.98 Å². The summed E-state index contributed by atoms with van der Waals surface area (Å²) in [6.07, 6.45) is 0. The minimum atomic E-state index is -0.157. The number of alkyl halides is 1. The number of halogens is 2. The van der Waals surface area contributed by atoms with Crippen LogP contribution in [-0.2, 0) is 6.54 Å². The molecule has 0 spiro atoms. The number of carbonyl (C=O) groups is 1. The van der Waals surface area contributed by atoms with E-state index in [9.17, 15) is 4.79 Å². The second-order valence-corrected chi connectivity index (χ2v) is 5.53. The Kier molecular flexibility index (Phi) is 4.80. The Bertz CT molecular complexity index is 586. The van der Waals surface area contributed by atoms with E-state index in [1.807, 2.05) is 36.2 Å². The van der Waals surface area contributed by atoms with Gasteiger partial charge >= 0.3 is 0 Å². The molecule has 0 radical (unpaired) electrons. The molecule has 1 heterocycles. The average Bonchev–Trinajstić information content (AvgIpc) is 2.90. The number of hydrogen-bond donors (Lipinski definition) is 0. The first-order valence-corrected chi connectivity index (χ1v) is 7.40. The molecule has 6 heteroatoms. The highest BCUT2D eigenvalue weighted by molar-refractivity contribution is 7.13. The van der Waals surface area contributed by atoms with E-state index in [2.05, 4.69) is 4.98 Å². The second kappa shape index (κ2) is 6.37. The van der Waals surface area contributed by atoms with Crippen LogP contribution in [0, 0.1) is 0 Å². The lowest BCUT2D eigenvalue weighted by molar-refractivity contribution is 0.101. The highest BCUT2D eigenvalue weighted by atomic mass is 35.5. The van der Waals surface area contributed by atoms with E-state index in [0.29, 0.717) is 12.2 Å². The molecule has 0 amide bonds. The van der Waals surface area contributed by atoms with Crippen molar-refractivity contribution in [3.8, 4) is 0 Å². The van der Waals surface area contributed by atoms with Gasteiger partial charge in [-0.05, 0) is 11.6 Å². The Hall–Kier alpha value is -1.10. The lowest BCUT2D eigenvalue weighted by atomic mass is 10.2. The third kappa shape index (κ3) is 3.47. The van der Waals surface area contributed by atoms with Crippen LogP contribution in [0.15, 0.2) is 29.6 Å². The van der Waals surface area contributed by atoms with Crippen LogP contribution >= 0.6 is 34.5 Å². The minimum absolute atomic E-state index is 0.0442. The van der Waals surface area contributed by atoms with E-state index in [1.54, 1.807) is 5.38 Å². The van der Waals surface area contributed by atoms with Gasteiger partial charge in [-0.2, -0.15) is 0 Å². The molecule has 3 nitrogen and oxygen atoms in total. The van der Waals surface area contributed by atoms with Crippen LogP contribution in [0.3, 0.4) is 0 Å². The van der Waals surface area contributed by atoms with Gasteiger partial charge in [0.05, 0.1) is 5.88 Å². The highest BCUT2D eigenvalue weighted by Gasteiger charge is 2.13. The number of ketones is 1. The zero-order valence-corrected chi connectivity index (χ0v) is 12.6. The summed E-state index contributed by atoms with van der Waals surface area (Å²) in [5.74, 6) is -0.201. The highest BCUT2D eigenvalue weighted by Crippen LogP contribution is 2.23. The van der Waals surface area contributed by atoms with Gasteiger partial charge < -0.3 is 4.90 Å². The smallest absolute Gasteiger partial charge is 0.196 e. The maximum absolute atomic E-state index is 11.4. The molecule has 2 aromatic rings. The first kappa shape index (κ1) is 14.3. The Balaban J connectivity index is 2.12. The fraction of sp³-hybridized carbons (Fsp3) is 0.231. The molecule has 0 saturated heterocycles. The van der Waals surface area contributed by atoms with Gasteiger partial charge in [-0.3, -0.25) is 4.79 Å². The SMILES string of the molecule is CN(Cc1ccccc1Cl)c1nc(C(=O)CCl)cs1. The number of aromatic nitrogens is 1. The van der Waals surface area contributed by atoms with Gasteiger partial charge in [0.1, 0.15) is 5.69 Å². The molecule has 1 aromatic heterocycles. The number of Topliss-reactive ketones (excluding diaryl/α,β-unsaturated/α-hetero) is 1. The van der Waals surface area contributed by atoms with Gasteiger partial charge in [0, 0.05) is 24.0 Å². The molecule has 0 aliphatic rings. The standard InChI is InChI=1S/C13H12Cl2N2OS/c1-17(7-9-4-2-3-5-10(9)15)13-16-11(8-19-13)12(18)6-14/h2-5,8H,6-7H2,1H3. The first-order chi connectivity index (χ1) is 9.11. The Morgan fingerprint density at radius 2 is 2.16 bits per heavy atom. The van der Waals surface area contributed by atoms with Crippen molar-refractivity contribution >= 4 is 45.5 Å². The summed E-state index contributed by atoms with van der Waals surface area (Å²) in [5.41, 5.74) is 1.44. The maximum atomic E-state index is 11.4. The van der Waals surface area contributed by atoms with Gasteiger partial charge in [0.15, 0.2) is 10.9 Å². The number of benzene rings is 1. The van der Waals surface area contributed by atoms with Gasteiger partial charge in [0.2, 0.25) is 0 Å². The van der Waals surface area contributed by atoms with Gasteiger partial charge in [-0.1, -0.05) is 29.8 Å². The van der Waals surface area contributed by atoms with Crippen LogP contribution in [0.4, 0.5) is 5.13 Å². The van der Waals surface area contributed by atoms with Crippen LogP contribution in [0.2, 0.25) is 5.02 Å². The molecule has 2 rings (SSSR count). The van der Waals surface area contributed by atoms with Gasteiger partial charge in [-0.15, -0.1) is 22.9 Å². The van der Waals surface area contributed by atoms with Crippen molar-refractivity contribution in [2.45, 2.75) is 6.54 Å². The molecule has 0 atom stereocenters. The number of carbonyl (C=O) groups excluding carboxylic acids is 1. The number of nitrogens with zero attached hydrogens (tertiary/aromatic N) is 2. The van der Waals surface area contributed by atoms with Crippen LogP contribution < -0.4 is 4.90 Å². The van der Waals surface area contributed by atoms with Gasteiger partial charge in [0.25, 0.3) is 0 Å². The molecule has 19 heavy (non-hydrogen) atoms. The van der Waals surface area contributed by atoms with Crippen molar-refractivity contribution in [3.63, 3.8) is 0 Å². The summed E-state index contributed by atoms with van der Waals surface area (Å²) in [4.78, 5) is 17.7. The predicted octanol–water partition coefficient (Wildman–Crippen LogP) is 3.85. The lowest BCUT2D eigenvalue weighted by Crippen LogP contribution is -2.16. The van der Waals surface area contributed by atoms with Crippen LogP contribution in [0.1, 0.15) is 16.1 Å². The van der Waals surface area contributed by atoms with E-state index < -0.39 is 0 Å². The Morgan fingerprint density at radius 1 is 1.42 bits per heavy atom. The van der Waals surface area contributed by atoms with Crippen molar-refractivity contribution in [1.29, 1.82) is 0 Å². The quantitative estimate of drug-likeness (QED) is 0.620. The molecule has 0 aliphatic carbocycles. The number of rotatable bonds is 5. The summed E-state index contributed by atoms with van der Waals surface area (Å²) in [6, 6.07) is 7.66. The predicted molar refractivity (Wildman–Crippen MR) is 80.7 cm³/mol. The molecule has 0 bridgehead atoms. The molecule has 0 aliphatic heterocycles. The van der Waals surface area contributed by atoms with Crippen LogP contribution in [-0.4, -0.2) is 23.7 Å². The third-order valence-corrected chi connectivity index (χ3v) is 4.16. The third-order valence-electron chi connectivity index (χ3n) is 2.59. The Labute approximate surface area is 125 Å². The van der Waals surface area contributed by atoms with Gasteiger partial charge in [-0.25, -0.2) is 4.98 Å². The second-order valence-electron chi connectivity index (χ2n) is 4.02. The number of hydrogen-bond acceptors (Lipinski definition) is 4. The van der Waals surface area contributed by atoms with E-state index in [1.165, 1.54) is 11.3 Å². The number of anilines is 1. The van der Waals surface area contributed by atoms with E-state index in [0.717, 1.165) is 15.7 Å². The number of thiazole rings is 1. The largest absolute Gasteiger partial charge is 0.347 e. The van der Waals surface area contributed by atoms with Crippen LogP contribution in [0.25, 0.3) is 0 Å². The normalized spacial score (nSPS) is 10.5. The van der Waals surface area contributed by atoms with Crippen molar-refractivity contribution in [3.05, 3.63) is 45.9 Å². The zero-order valence-electron chi connectivity index (χ0n) is 10.3. The van der Waals surface area contributed by atoms with Crippen molar-refractivity contribution in [2.75, 3.05) is 17.8 Å². The molecule has 1 aromatic carbocycles. The summed E-state index contributed by atoms with van der Waals surface area (Å²) in [5, 5.41) is 3.22. The summed E-state index contributed by atoms with van der Waals surface area (Å²) in [6.45, 7) is 0.641. The fourth-order valence-electron chi connectivity index (χ4n) is 1.59. The Morgan fingerprint density at radius 3 is 2.84 bits per heavy atom. The first-order valence-electron chi connectivity index (χ1n) is 5.61. The van der Waals surface area contributed by atoms with Crippen molar-refractivity contribution in [2.24, 2.45) is 0 Å².